The van der Waals surface area contributed by atoms with E-state index in [1.54, 1.807) is 24.4 Å². The zero-order valence-electron chi connectivity index (χ0n) is 15.1. The van der Waals surface area contributed by atoms with Crippen LogP contribution in [0.4, 0.5) is 0 Å². The topological polar surface area (TPSA) is 86.3 Å². The van der Waals surface area contributed by atoms with Gasteiger partial charge in [0.05, 0.1) is 17.3 Å². The van der Waals surface area contributed by atoms with E-state index in [0.29, 0.717) is 17.0 Å². The number of carboxylic acids is 1. The molecule has 6 nitrogen and oxygen atoms in total. The highest BCUT2D eigenvalue weighted by Gasteiger charge is 2.26. The first-order chi connectivity index (χ1) is 12.6. The van der Waals surface area contributed by atoms with Gasteiger partial charge < -0.3 is 10.0 Å². The molecule has 1 aromatic heterocycles. The molecule has 1 saturated heterocycles. The monoisotopic (exact) mass is 355 g/mol. The van der Waals surface area contributed by atoms with E-state index in [1.807, 2.05) is 11.0 Å². The van der Waals surface area contributed by atoms with Crippen LogP contribution >= 0.6 is 0 Å². The fraction of sp³-hybridized carbons (Fsp3) is 0.450. The van der Waals surface area contributed by atoms with Crippen LogP contribution in [0, 0.1) is 5.92 Å². The highest BCUT2D eigenvalue weighted by molar-refractivity contribution is 5.95. The van der Waals surface area contributed by atoms with Gasteiger partial charge in [0.2, 0.25) is 0 Å². The number of rotatable bonds is 6. The molecule has 138 valence electrons. The highest BCUT2D eigenvalue weighted by Crippen LogP contribution is 2.24. The van der Waals surface area contributed by atoms with Gasteiger partial charge in [-0.05, 0) is 49.3 Å². The number of amides is 1. The summed E-state index contributed by atoms with van der Waals surface area (Å²) in [7, 11) is 0. The Morgan fingerprint density at radius 1 is 1.31 bits per heavy atom. The molecular weight excluding hydrogens is 330 g/mol. The number of benzene rings is 1. The molecule has 2 heterocycles. The molecule has 0 atom stereocenters. The van der Waals surface area contributed by atoms with Crippen LogP contribution in [0.1, 0.15) is 58.2 Å². The molecule has 1 aliphatic rings. The maximum Gasteiger partial charge on any atom is 0.335 e. The van der Waals surface area contributed by atoms with E-state index in [-0.39, 0.29) is 5.91 Å². The number of carbonyl (C=O) groups excluding carboxylic acids is 1. The van der Waals surface area contributed by atoms with Crippen molar-refractivity contribution >= 4 is 11.9 Å². The second kappa shape index (κ2) is 8.17. The van der Waals surface area contributed by atoms with Gasteiger partial charge in [0.15, 0.2) is 0 Å². The summed E-state index contributed by atoms with van der Waals surface area (Å²) >= 11 is 0. The lowest BCUT2D eigenvalue weighted by Gasteiger charge is -2.32. The third-order valence-electron chi connectivity index (χ3n) is 5.05. The molecule has 6 heteroatoms. The van der Waals surface area contributed by atoms with Crippen molar-refractivity contribution < 1.29 is 14.7 Å². The standard InChI is InChI=1S/C20H25N3O3/c1-2-4-18-17(13-21-22-18)19(24)23-9-7-14(8-10-23)11-15-5-3-6-16(12-15)20(25)26/h3,5-6,12-14H,2,4,7-11H2,1H3,(H,21,22)(H,25,26). The van der Waals surface area contributed by atoms with Crippen LogP contribution in [-0.4, -0.2) is 45.2 Å². The predicted octanol–water partition coefficient (Wildman–Crippen LogP) is 3.16. The van der Waals surface area contributed by atoms with Crippen molar-refractivity contribution in [3.05, 3.63) is 52.8 Å². The average molecular weight is 355 g/mol. The Hall–Kier alpha value is -2.63. The van der Waals surface area contributed by atoms with E-state index in [1.165, 1.54) is 0 Å². The normalized spacial score (nSPS) is 15.2. The first-order valence-electron chi connectivity index (χ1n) is 9.22. The Labute approximate surface area is 153 Å². The van der Waals surface area contributed by atoms with Crippen molar-refractivity contribution in [2.45, 2.75) is 39.0 Å². The number of H-pyrrole nitrogens is 1. The fourth-order valence-electron chi connectivity index (χ4n) is 3.61. The zero-order chi connectivity index (χ0) is 18.5. The van der Waals surface area contributed by atoms with Crippen LogP contribution in [-0.2, 0) is 12.8 Å². The van der Waals surface area contributed by atoms with E-state index >= 15 is 0 Å². The number of nitrogens with one attached hydrogen (secondary N) is 1. The predicted molar refractivity (Wildman–Crippen MR) is 98.3 cm³/mol. The third-order valence-corrected chi connectivity index (χ3v) is 5.05. The molecule has 0 radical (unpaired) electrons. The molecule has 3 rings (SSSR count). The molecule has 1 amide bonds. The lowest BCUT2D eigenvalue weighted by molar-refractivity contribution is 0.0681. The maximum absolute atomic E-state index is 12.7. The minimum Gasteiger partial charge on any atom is -0.478 e. The molecule has 2 aromatic rings. The largest absolute Gasteiger partial charge is 0.478 e. The van der Waals surface area contributed by atoms with Crippen LogP contribution in [0.5, 0.6) is 0 Å². The summed E-state index contributed by atoms with van der Waals surface area (Å²) in [6.45, 7) is 3.55. The number of nitrogens with zero attached hydrogens (tertiary/aromatic N) is 2. The molecular formula is C20H25N3O3. The lowest BCUT2D eigenvalue weighted by Crippen LogP contribution is -2.39. The summed E-state index contributed by atoms with van der Waals surface area (Å²) in [6.07, 6.45) is 6.16. The number of hydrogen-bond donors (Lipinski definition) is 2. The van der Waals surface area contributed by atoms with E-state index < -0.39 is 5.97 Å². The SMILES string of the molecule is CCCc1[nH]ncc1C(=O)N1CCC(Cc2cccc(C(=O)O)c2)CC1. The van der Waals surface area contributed by atoms with Gasteiger partial charge in [-0.3, -0.25) is 9.89 Å². The van der Waals surface area contributed by atoms with Gasteiger partial charge in [-0.2, -0.15) is 5.10 Å². The van der Waals surface area contributed by atoms with Gasteiger partial charge in [0.25, 0.3) is 5.91 Å². The lowest BCUT2D eigenvalue weighted by atomic mass is 9.89. The van der Waals surface area contributed by atoms with E-state index in [0.717, 1.165) is 56.5 Å². The summed E-state index contributed by atoms with van der Waals surface area (Å²) in [4.78, 5) is 25.8. The first kappa shape index (κ1) is 18.2. The maximum atomic E-state index is 12.7. The minimum absolute atomic E-state index is 0.0634. The van der Waals surface area contributed by atoms with Crippen molar-refractivity contribution in [1.82, 2.24) is 15.1 Å². The molecule has 0 bridgehead atoms. The number of aromatic amines is 1. The number of aryl methyl sites for hydroxylation is 1. The Morgan fingerprint density at radius 2 is 2.08 bits per heavy atom. The van der Waals surface area contributed by atoms with Crippen molar-refractivity contribution in [1.29, 1.82) is 0 Å². The number of likely N-dealkylation sites (tertiary alicyclic amines) is 1. The van der Waals surface area contributed by atoms with Gasteiger partial charge in [0.1, 0.15) is 0 Å². The Kier molecular flexibility index (Phi) is 5.71. The Bertz CT molecular complexity index is 776. The average Bonchev–Trinajstić information content (AvgIpc) is 3.10. The molecule has 1 fully saturated rings. The second-order valence-corrected chi connectivity index (χ2v) is 6.96. The first-order valence-corrected chi connectivity index (χ1v) is 9.22. The summed E-state index contributed by atoms with van der Waals surface area (Å²) in [6, 6.07) is 7.15. The number of hydrogen-bond acceptors (Lipinski definition) is 3. The summed E-state index contributed by atoms with van der Waals surface area (Å²) in [5.74, 6) is -0.355. The molecule has 0 aliphatic carbocycles. The number of carbonyl (C=O) groups is 2. The zero-order valence-corrected chi connectivity index (χ0v) is 15.1. The quantitative estimate of drug-likeness (QED) is 0.833. The molecule has 1 aliphatic heterocycles. The van der Waals surface area contributed by atoms with Crippen molar-refractivity contribution in [3.8, 4) is 0 Å². The number of carboxylic acid groups (broad SMARTS) is 1. The molecule has 0 spiro atoms. The molecule has 2 N–H and O–H groups in total. The van der Waals surface area contributed by atoms with Gasteiger partial charge in [-0.1, -0.05) is 25.5 Å². The fourth-order valence-corrected chi connectivity index (χ4v) is 3.61. The van der Waals surface area contributed by atoms with Gasteiger partial charge in [0, 0.05) is 18.8 Å². The number of aromatic carboxylic acids is 1. The van der Waals surface area contributed by atoms with Crippen LogP contribution in [0.2, 0.25) is 0 Å². The smallest absolute Gasteiger partial charge is 0.335 e. The van der Waals surface area contributed by atoms with Crippen LogP contribution in [0.3, 0.4) is 0 Å². The highest BCUT2D eigenvalue weighted by atomic mass is 16.4. The molecule has 1 aromatic carbocycles. The molecule has 26 heavy (non-hydrogen) atoms. The molecule has 0 saturated carbocycles. The van der Waals surface area contributed by atoms with Crippen molar-refractivity contribution in [2.75, 3.05) is 13.1 Å². The van der Waals surface area contributed by atoms with E-state index in [9.17, 15) is 9.59 Å². The van der Waals surface area contributed by atoms with Gasteiger partial charge in [-0.25, -0.2) is 4.79 Å². The summed E-state index contributed by atoms with van der Waals surface area (Å²) in [5, 5.41) is 16.1. The van der Waals surface area contributed by atoms with E-state index in [2.05, 4.69) is 17.1 Å². The Balaban J connectivity index is 1.57. The van der Waals surface area contributed by atoms with Crippen LogP contribution in [0.15, 0.2) is 30.5 Å². The van der Waals surface area contributed by atoms with Crippen molar-refractivity contribution in [2.24, 2.45) is 5.92 Å². The van der Waals surface area contributed by atoms with E-state index in [4.69, 9.17) is 5.11 Å². The van der Waals surface area contributed by atoms with Gasteiger partial charge in [-0.15, -0.1) is 0 Å². The van der Waals surface area contributed by atoms with Crippen LogP contribution < -0.4 is 0 Å². The van der Waals surface area contributed by atoms with Crippen molar-refractivity contribution in [3.63, 3.8) is 0 Å². The Morgan fingerprint density at radius 3 is 2.77 bits per heavy atom. The second-order valence-electron chi connectivity index (χ2n) is 6.96. The minimum atomic E-state index is -0.893. The molecule has 0 unspecified atom stereocenters. The number of aromatic nitrogens is 2. The number of piperidine rings is 1. The summed E-state index contributed by atoms with van der Waals surface area (Å²) in [5.41, 5.74) is 3.00. The summed E-state index contributed by atoms with van der Waals surface area (Å²) < 4.78 is 0. The third kappa shape index (κ3) is 4.12. The van der Waals surface area contributed by atoms with Gasteiger partial charge >= 0.3 is 5.97 Å². The van der Waals surface area contributed by atoms with Crippen LogP contribution in [0.25, 0.3) is 0 Å².